The first-order valence-electron chi connectivity index (χ1n) is 9.75. The molecule has 0 aliphatic rings. The molecule has 7 heteroatoms. The van der Waals surface area contributed by atoms with Crippen LogP contribution >= 0.6 is 0 Å². The Morgan fingerprint density at radius 1 is 1.10 bits per heavy atom. The maximum atomic E-state index is 13.1. The molecule has 2 aromatic carbocycles. The molecule has 30 heavy (non-hydrogen) atoms. The molecule has 1 amide bonds. The highest BCUT2D eigenvalue weighted by molar-refractivity contribution is 5.97. The maximum absolute atomic E-state index is 13.1. The number of furan rings is 1. The fourth-order valence-electron chi connectivity index (χ4n) is 3.04. The van der Waals surface area contributed by atoms with Crippen LogP contribution in [0.15, 0.2) is 52.9 Å². The van der Waals surface area contributed by atoms with Gasteiger partial charge in [0, 0.05) is 17.6 Å². The van der Waals surface area contributed by atoms with Gasteiger partial charge in [0.05, 0.1) is 12.6 Å². The summed E-state index contributed by atoms with van der Waals surface area (Å²) in [6, 6.07) is 12.7. The van der Waals surface area contributed by atoms with Gasteiger partial charge in [-0.3, -0.25) is 4.79 Å². The first-order valence-corrected chi connectivity index (χ1v) is 9.75. The molecule has 0 fully saturated rings. The summed E-state index contributed by atoms with van der Waals surface area (Å²) in [6.45, 7) is 5.78. The molecule has 6 nitrogen and oxygen atoms in total. The molecule has 3 rings (SSSR count). The van der Waals surface area contributed by atoms with Crippen LogP contribution in [0.2, 0.25) is 0 Å². The van der Waals surface area contributed by atoms with E-state index < -0.39 is 18.0 Å². The number of hydrogen-bond acceptors (Lipinski definition) is 5. The molecule has 0 saturated heterocycles. The number of ether oxygens (including phenoxy) is 2. The third-order valence-electron chi connectivity index (χ3n) is 4.72. The lowest BCUT2D eigenvalue weighted by atomic mass is 10.1. The van der Waals surface area contributed by atoms with Crippen LogP contribution in [0, 0.1) is 5.82 Å². The molecule has 0 unspecified atom stereocenters. The number of carbonyl (C=O) groups is 2. The average Bonchev–Trinajstić information content (AvgIpc) is 3.11. The van der Waals surface area contributed by atoms with Crippen LogP contribution in [0.5, 0.6) is 0 Å². The summed E-state index contributed by atoms with van der Waals surface area (Å²) in [7, 11) is 0. The molecule has 0 aliphatic carbocycles. The largest absolute Gasteiger partial charge is 0.449 e. The summed E-state index contributed by atoms with van der Waals surface area (Å²) >= 11 is 0. The lowest BCUT2D eigenvalue weighted by Crippen LogP contribution is -2.37. The first-order chi connectivity index (χ1) is 14.4. The zero-order valence-electron chi connectivity index (χ0n) is 17.1. The fraction of sp³-hybridized carbons (Fsp3) is 0.304. The van der Waals surface area contributed by atoms with Crippen molar-refractivity contribution in [2.75, 3.05) is 6.61 Å². The molecular formula is C23H24FNO5. The van der Waals surface area contributed by atoms with Crippen LogP contribution in [0.25, 0.3) is 11.0 Å². The van der Waals surface area contributed by atoms with Gasteiger partial charge in [0.25, 0.3) is 5.91 Å². The SMILES string of the molecule is CCOCc1c(C(=O)O[C@H](C)C(=O)N[C@H](C)c2ccc(F)cc2)oc2ccccc12. The van der Waals surface area contributed by atoms with E-state index in [1.165, 1.54) is 19.1 Å². The molecule has 0 radical (unpaired) electrons. The highest BCUT2D eigenvalue weighted by Gasteiger charge is 2.26. The zero-order valence-corrected chi connectivity index (χ0v) is 17.1. The Morgan fingerprint density at radius 3 is 2.50 bits per heavy atom. The molecule has 0 saturated carbocycles. The molecule has 0 aliphatic heterocycles. The van der Waals surface area contributed by atoms with Crippen LogP contribution in [0.1, 0.15) is 48.5 Å². The number of esters is 1. The first kappa shape index (κ1) is 21.5. The second kappa shape index (κ2) is 9.54. The van der Waals surface area contributed by atoms with Crippen LogP contribution in [0.3, 0.4) is 0 Å². The number of benzene rings is 2. The van der Waals surface area contributed by atoms with Crippen LogP contribution in [-0.4, -0.2) is 24.6 Å². The average molecular weight is 413 g/mol. The Bertz CT molecular complexity index is 1030. The van der Waals surface area contributed by atoms with Gasteiger partial charge in [-0.15, -0.1) is 0 Å². The van der Waals surface area contributed by atoms with E-state index in [0.29, 0.717) is 17.8 Å². The van der Waals surface area contributed by atoms with E-state index in [4.69, 9.17) is 13.9 Å². The summed E-state index contributed by atoms with van der Waals surface area (Å²) in [4.78, 5) is 25.2. The third-order valence-corrected chi connectivity index (χ3v) is 4.72. The van der Waals surface area contributed by atoms with Gasteiger partial charge in [0.1, 0.15) is 11.4 Å². The van der Waals surface area contributed by atoms with Crippen molar-refractivity contribution in [3.8, 4) is 0 Å². The summed E-state index contributed by atoms with van der Waals surface area (Å²) < 4.78 is 29.6. The van der Waals surface area contributed by atoms with Gasteiger partial charge < -0.3 is 19.2 Å². The highest BCUT2D eigenvalue weighted by atomic mass is 19.1. The second-order valence-electron chi connectivity index (χ2n) is 6.87. The number of amides is 1. The fourth-order valence-corrected chi connectivity index (χ4v) is 3.04. The van der Waals surface area contributed by atoms with Crippen molar-refractivity contribution in [2.45, 2.75) is 39.5 Å². The van der Waals surface area contributed by atoms with Gasteiger partial charge in [0.2, 0.25) is 5.76 Å². The molecule has 1 aromatic heterocycles. The minimum Gasteiger partial charge on any atom is -0.449 e. The predicted octanol–water partition coefficient (Wildman–Crippen LogP) is 4.53. The number of para-hydroxylation sites is 1. The number of fused-ring (bicyclic) bond motifs is 1. The standard InChI is InChI=1S/C23H24FNO5/c1-4-28-13-19-18-7-5-6-8-20(18)30-21(19)23(27)29-15(3)22(26)25-14(2)16-9-11-17(24)12-10-16/h5-12,14-15H,4,13H2,1-3H3,(H,25,26)/t14-,15-/m1/s1. The van der Waals surface area contributed by atoms with Gasteiger partial charge in [-0.25, -0.2) is 9.18 Å². The Morgan fingerprint density at radius 2 is 1.80 bits per heavy atom. The van der Waals surface area contributed by atoms with Crippen molar-refractivity contribution in [3.63, 3.8) is 0 Å². The van der Waals surface area contributed by atoms with E-state index in [-0.39, 0.29) is 24.2 Å². The van der Waals surface area contributed by atoms with Crippen molar-refractivity contribution >= 4 is 22.8 Å². The van der Waals surface area contributed by atoms with E-state index in [1.54, 1.807) is 31.2 Å². The molecule has 0 bridgehead atoms. The predicted molar refractivity (Wildman–Crippen MR) is 109 cm³/mol. The minimum atomic E-state index is -1.05. The number of halogens is 1. The maximum Gasteiger partial charge on any atom is 0.375 e. The Labute approximate surface area is 174 Å². The molecular weight excluding hydrogens is 389 g/mol. The topological polar surface area (TPSA) is 77.8 Å². The van der Waals surface area contributed by atoms with Gasteiger partial charge in [-0.1, -0.05) is 30.3 Å². The number of carbonyl (C=O) groups excluding carboxylic acids is 2. The quantitative estimate of drug-likeness (QED) is 0.549. The minimum absolute atomic E-state index is 0.0240. The number of nitrogens with one attached hydrogen (secondary N) is 1. The molecule has 1 heterocycles. The van der Waals surface area contributed by atoms with Crippen molar-refractivity contribution in [1.82, 2.24) is 5.32 Å². The van der Waals surface area contributed by atoms with Gasteiger partial charge in [-0.05, 0) is 44.5 Å². The van der Waals surface area contributed by atoms with Crippen LogP contribution in [0.4, 0.5) is 4.39 Å². The summed E-state index contributed by atoms with van der Waals surface area (Å²) in [5.74, 6) is -1.54. The van der Waals surface area contributed by atoms with E-state index in [2.05, 4.69) is 5.32 Å². The molecule has 0 spiro atoms. The lowest BCUT2D eigenvalue weighted by Gasteiger charge is -2.18. The monoisotopic (exact) mass is 413 g/mol. The molecule has 2 atom stereocenters. The van der Waals surface area contributed by atoms with E-state index >= 15 is 0 Å². The van der Waals surface area contributed by atoms with Crippen molar-refractivity contribution < 1.29 is 27.9 Å². The van der Waals surface area contributed by atoms with Crippen molar-refractivity contribution in [2.24, 2.45) is 0 Å². The van der Waals surface area contributed by atoms with Crippen LogP contribution in [-0.2, 0) is 20.9 Å². The van der Waals surface area contributed by atoms with Gasteiger partial charge in [-0.2, -0.15) is 0 Å². The van der Waals surface area contributed by atoms with Crippen molar-refractivity contribution in [1.29, 1.82) is 0 Å². The number of hydrogen-bond donors (Lipinski definition) is 1. The van der Waals surface area contributed by atoms with Crippen molar-refractivity contribution in [3.05, 3.63) is 71.2 Å². The molecule has 1 N–H and O–H groups in total. The molecule has 3 aromatic rings. The Kier molecular flexibility index (Phi) is 6.84. The second-order valence-corrected chi connectivity index (χ2v) is 6.87. The number of rotatable bonds is 8. The summed E-state index contributed by atoms with van der Waals surface area (Å²) in [6.07, 6.45) is -1.05. The zero-order chi connectivity index (χ0) is 21.7. The highest BCUT2D eigenvalue weighted by Crippen LogP contribution is 2.27. The normalized spacial score (nSPS) is 13.1. The lowest BCUT2D eigenvalue weighted by molar-refractivity contribution is -0.129. The van der Waals surface area contributed by atoms with Gasteiger partial charge in [0.15, 0.2) is 6.10 Å². The van der Waals surface area contributed by atoms with E-state index in [0.717, 1.165) is 10.9 Å². The Hall–Kier alpha value is -3.19. The molecule has 158 valence electrons. The van der Waals surface area contributed by atoms with E-state index in [1.807, 2.05) is 19.1 Å². The van der Waals surface area contributed by atoms with Crippen LogP contribution < -0.4 is 5.32 Å². The summed E-state index contributed by atoms with van der Waals surface area (Å²) in [5.41, 5.74) is 1.87. The van der Waals surface area contributed by atoms with Gasteiger partial charge >= 0.3 is 5.97 Å². The smallest absolute Gasteiger partial charge is 0.375 e. The third kappa shape index (κ3) is 4.86. The summed E-state index contributed by atoms with van der Waals surface area (Å²) in [5, 5.41) is 3.52. The van der Waals surface area contributed by atoms with E-state index in [9.17, 15) is 14.0 Å². The Balaban J connectivity index is 1.70.